The van der Waals surface area contributed by atoms with Gasteiger partial charge in [-0.1, -0.05) is 0 Å². The van der Waals surface area contributed by atoms with Crippen LogP contribution < -0.4 is 5.32 Å². The highest BCUT2D eigenvalue weighted by atomic mass is 16.5. The van der Waals surface area contributed by atoms with Crippen LogP contribution in [0.15, 0.2) is 0 Å². The van der Waals surface area contributed by atoms with Crippen molar-refractivity contribution in [1.29, 1.82) is 0 Å². The number of urea groups is 1. The van der Waals surface area contributed by atoms with Crippen LogP contribution in [0.4, 0.5) is 4.79 Å². The predicted molar refractivity (Wildman–Crippen MR) is 59.0 cm³/mol. The van der Waals surface area contributed by atoms with Crippen molar-refractivity contribution >= 4 is 18.0 Å². The lowest BCUT2D eigenvalue weighted by Gasteiger charge is -2.33. The SMILES string of the molecule is COC(=O)C1COCCN1C(=O)N[C@H](C)C(=O)O. The van der Waals surface area contributed by atoms with Crippen molar-refractivity contribution in [3.05, 3.63) is 0 Å². The summed E-state index contributed by atoms with van der Waals surface area (Å²) in [6, 6.07) is -2.49. The highest BCUT2D eigenvalue weighted by Crippen LogP contribution is 2.09. The molecule has 1 rings (SSSR count). The zero-order chi connectivity index (χ0) is 13.7. The number of hydrogen-bond acceptors (Lipinski definition) is 5. The lowest BCUT2D eigenvalue weighted by Crippen LogP contribution is -2.57. The van der Waals surface area contributed by atoms with Gasteiger partial charge < -0.3 is 24.8 Å². The van der Waals surface area contributed by atoms with Crippen molar-refractivity contribution < 1.29 is 29.0 Å². The number of amides is 2. The summed E-state index contributed by atoms with van der Waals surface area (Å²) in [5.41, 5.74) is 0. The number of carbonyl (C=O) groups is 3. The van der Waals surface area contributed by atoms with Gasteiger partial charge in [0.15, 0.2) is 6.04 Å². The molecule has 18 heavy (non-hydrogen) atoms. The van der Waals surface area contributed by atoms with E-state index in [0.29, 0.717) is 6.61 Å². The Hall–Kier alpha value is -1.83. The first kappa shape index (κ1) is 14.2. The van der Waals surface area contributed by atoms with Gasteiger partial charge in [-0.3, -0.25) is 4.79 Å². The molecule has 102 valence electrons. The summed E-state index contributed by atoms with van der Waals surface area (Å²) in [7, 11) is 1.22. The second-order valence-electron chi connectivity index (χ2n) is 3.82. The maximum Gasteiger partial charge on any atom is 0.331 e. The summed E-state index contributed by atoms with van der Waals surface area (Å²) >= 11 is 0. The van der Waals surface area contributed by atoms with Crippen LogP contribution in [0.3, 0.4) is 0 Å². The number of aliphatic carboxylic acids is 1. The predicted octanol–water partition coefficient (Wildman–Crippen LogP) is -0.957. The largest absolute Gasteiger partial charge is 0.480 e. The quantitative estimate of drug-likeness (QED) is 0.633. The van der Waals surface area contributed by atoms with E-state index in [9.17, 15) is 14.4 Å². The van der Waals surface area contributed by atoms with E-state index in [1.807, 2.05) is 0 Å². The van der Waals surface area contributed by atoms with Crippen molar-refractivity contribution in [3.63, 3.8) is 0 Å². The Morgan fingerprint density at radius 1 is 1.50 bits per heavy atom. The van der Waals surface area contributed by atoms with Crippen LogP contribution in [0, 0.1) is 0 Å². The number of carboxylic acids is 1. The average molecular weight is 260 g/mol. The topological polar surface area (TPSA) is 105 Å². The molecule has 0 aromatic carbocycles. The van der Waals surface area contributed by atoms with Crippen LogP contribution in [-0.2, 0) is 19.1 Å². The molecule has 1 aliphatic heterocycles. The van der Waals surface area contributed by atoms with Gasteiger partial charge in [-0.05, 0) is 6.92 Å². The van der Waals surface area contributed by atoms with E-state index < -0.39 is 30.1 Å². The van der Waals surface area contributed by atoms with E-state index >= 15 is 0 Å². The molecule has 0 aromatic rings. The van der Waals surface area contributed by atoms with Gasteiger partial charge >= 0.3 is 18.0 Å². The summed E-state index contributed by atoms with van der Waals surface area (Å²) < 4.78 is 9.66. The summed E-state index contributed by atoms with van der Waals surface area (Å²) in [6.07, 6.45) is 0. The molecule has 0 saturated carbocycles. The van der Waals surface area contributed by atoms with Crippen molar-refractivity contribution in [2.24, 2.45) is 0 Å². The maximum atomic E-state index is 11.8. The molecule has 1 unspecified atom stereocenters. The number of rotatable bonds is 3. The summed E-state index contributed by atoms with van der Waals surface area (Å²) in [6.45, 7) is 1.88. The Bertz CT molecular complexity index is 345. The summed E-state index contributed by atoms with van der Waals surface area (Å²) in [5, 5.41) is 11.0. The fourth-order valence-electron chi connectivity index (χ4n) is 1.51. The zero-order valence-corrected chi connectivity index (χ0v) is 10.2. The molecule has 1 saturated heterocycles. The smallest absolute Gasteiger partial charge is 0.331 e. The molecule has 2 amide bonds. The molecule has 0 aromatic heterocycles. The van der Waals surface area contributed by atoms with E-state index in [-0.39, 0.29) is 13.2 Å². The van der Waals surface area contributed by atoms with Gasteiger partial charge in [-0.25, -0.2) is 9.59 Å². The Labute approximate surface area is 104 Å². The molecule has 2 atom stereocenters. The summed E-state index contributed by atoms with van der Waals surface area (Å²) in [5.74, 6) is -1.74. The van der Waals surface area contributed by atoms with Crippen LogP contribution in [0.5, 0.6) is 0 Å². The van der Waals surface area contributed by atoms with Gasteiger partial charge in [0.25, 0.3) is 0 Å². The normalized spacial score (nSPS) is 21.0. The minimum atomic E-state index is -1.15. The van der Waals surface area contributed by atoms with Gasteiger partial charge in [-0.15, -0.1) is 0 Å². The van der Waals surface area contributed by atoms with E-state index in [2.05, 4.69) is 10.1 Å². The highest BCUT2D eigenvalue weighted by Gasteiger charge is 2.34. The molecule has 8 nitrogen and oxygen atoms in total. The molecule has 0 spiro atoms. The average Bonchev–Trinajstić information content (AvgIpc) is 2.37. The van der Waals surface area contributed by atoms with E-state index in [1.165, 1.54) is 18.9 Å². The second kappa shape index (κ2) is 6.20. The number of hydrogen-bond donors (Lipinski definition) is 2. The van der Waals surface area contributed by atoms with Crippen LogP contribution in [0.2, 0.25) is 0 Å². The number of morpholine rings is 1. The molecule has 1 aliphatic rings. The first-order valence-corrected chi connectivity index (χ1v) is 5.43. The van der Waals surface area contributed by atoms with Gasteiger partial charge in [0.05, 0.1) is 20.3 Å². The van der Waals surface area contributed by atoms with Gasteiger partial charge in [0.2, 0.25) is 0 Å². The van der Waals surface area contributed by atoms with Crippen LogP contribution in [-0.4, -0.2) is 66.9 Å². The van der Waals surface area contributed by atoms with Crippen LogP contribution in [0.25, 0.3) is 0 Å². The Morgan fingerprint density at radius 3 is 2.72 bits per heavy atom. The molecule has 8 heteroatoms. The standard InChI is InChI=1S/C10H16N2O6/c1-6(8(13)14)11-10(16)12-3-4-18-5-7(12)9(15)17-2/h6-7H,3-5H2,1-2H3,(H,11,16)(H,13,14)/t6-,7?/m1/s1. The third kappa shape index (κ3) is 3.33. The van der Waals surface area contributed by atoms with Crippen LogP contribution >= 0.6 is 0 Å². The van der Waals surface area contributed by atoms with Gasteiger partial charge in [-0.2, -0.15) is 0 Å². The third-order valence-corrected chi connectivity index (χ3v) is 2.57. The maximum absolute atomic E-state index is 11.8. The fourth-order valence-corrected chi connectivity index (χ4v) is 1.51. The Morgan fingerprint density at radius 2 is 2.17 bits per heavy atom. The first-order valence-electron chi connectivity index (χ1n) is 5.43. The number of ether oxygens (including phenoxy) is 2. The number of carboxylic acid groups (broad SMARTS) is 1. The Balaban J connectivity index is 2.68. The van der Waals surface area contributed by atoms with Crippen molar-refractivity contribution in [2.75, 3.05) is 26.9 Å². The summed E-state index contributed by atoms with van der Waals surface area (Å²) in [4.78, 5) is 35.1. The molecule has 0 bridgehead atoms. The zero-order valence-electron chi connectivity index (χ0n) is 10.2. The molecular formula is C10H16N2O6. The highest BCUT2D eigenvalue weighted by molar-refractivity contribution is 5.86. The number of esters is 1. The fraction of sp³-hybridized carbons (Fsp3) is 0.700. The van der Waals surface area contributed by atoms with Crippen molar-refractivity contribution in [3.8, 4) is 0 Å². The minimum absolute atomic E-state index is 0.0432. The molecular weight excluding hydrogens is 244 g/mol. The Kier molecular flexibility index (Phi) is 4.90. The van der Waals surface area contributed by atoms with E-state index in [4.69, 9.17) is 9.84 Å². The van der Waals surface area contributed by atoms with Crippen LogP contribution in [0.1, 0.15) is 6.92 Å². The van der Waals surface area contributed by atoms with Crippen molar-refractivity contribution in [1.82, 2.24) is 10.2 Å². The van der Waals surface area contributed by atoms with E-state index in [0.717, 1.165) is 0 Å². The molecule has 1 heterocycles. The minimum Gasteiger partial charge on any atom is -0.480 e. The van der Waals surface area contributed by atoms with E-state index in [1.54, 1.807) is 0 Å². The first-order chi connectivity index (χ1) is 8.47. The lowest BCUT2D eigenvalue weighted by atomic mass is 10.2. The monoisotopic (exact) mass is 260 g/mol. The number of carbonyl (C=O) groups excluding carboxylic acids is 2. The molecule has 0 aliphatic carbocycles. The molecule has 2 N–H and O–H groups in total. The lowest BCUT2D eigenvalue weighted by molar-refractivity contribution is -0.151. The van der Waals surface area contributed by atoms with Gasteiger partial charge in [0, 0.05) is 6.54 Å². The molecule has 1 fully saturated rings. The second-order valence-corrected chi connectivity index (χ2v) is 3.82. The number of nitrogens with zero attached hydrogens (tertiary/aromatic N) is 1. The van der Waals surface area contributed by atoms with Crippen molar-refractivity contribution in [2.45, 2.75) is 19.0 Å². The number of nitrogens with one attached hydrogen (secondary N) is 1. The molecule has 0 radical (unpaired) electrons. The third-order valence-electron chi connectivity index (χ3n) is 2.57. The van der Waals surface area contributed by atoms with Gasteiger partial charge in [0.1, 0.15) is 6.04 Å². The number of methoxy groups -OCH3 is 1.